The molecular weight excluding hydrogens is 230 g/mol. The summed E-state index contributed by atoms with van der Waals surface area (Å²) >= 11 is 1.87. The molecule has 0 radical (unpaired) electrons. The van der Waals surface area contributed by atoms with Crippen LogP contribution < -0.4 is 5.32 Å². The first-order valence-corrected chi connectivity index (χ1v) is 7.60. The lowest BCUT2D eigenvalue weighted by Crippen LogP contribution is -2.31. The van der Waals surface area contributed by atoms with Crippen molar-refractivity contribution in [2.45, 2.75) is 38.6 Å². The summed E-state index contributed by atoms with van der Waals surface area (Å²) < 4.78 is 5.46. The highest BCUT2D eigenvalue weighted by Crippen LogP contribution is 2.21. The first-order valence-electron chi connectivity index (χ1n) is 6.72. The van der Waals surface area contributed by atoms with E-state index < -0.39 is 0 Å². The maximum atomic E-state index is 5.46. The number of thiophene rings is 1. The number of nitrogens with one attached hydrogen (secondary N) is 1. The smallest absolute Gasteiger partial charge is 0.0495 e. The molecule has 2 nitrogen and oxygen atoms in total. The molecule has 3 heteroatoms. The van der Waals surface area contributed by atoms with Crippen molar-refractivity contribution in [2.24, 2.45) is 5.92 Å². The number of ether oxygens (including phenoxy) is 1. The van der Waals surface area contributed by atoms with E-state index in [4.69, 9.17) is 4.74 Å². The lowest BCUT2D eigenvalue weighted by molar-refractivity contribution is 0.181. The van der Waals surface area contributed by atoms with Gasteiger partial charge in [0, 0.05) is 24.1 Å². The van der Waals surface area contributed by atoms with E-state index >= 15 is 0 Å². The van der Waals surface area contributed by atoms with Crippen molar-refractivity contribution in [2.75, 3.05) is 19.8 Å². The van der Waals surface area contributed by atoms with Gasteiger partial charge in [-0.2, -0.15) is 0 Å². The van der Waals surface area contributed by atoms with E-state index in [-0.39, 0.29) is 0 Å². The third-order valence-corrected chi connectivity index (χ3v) is 4.39. The molecule has 1 N–H and O–H groups in total. The van der Waals surface area contributed by atoms with E-state index in [2.05, 4.69) is 29.8 Å². The maximum absolute atomic E-state index is 5.46. The van der Waals surface area contributed by atoms with Gasteiger partial charge in [0.2, 0.25) is 0 Å². The summed E-state index contributed by atoms with van der Waals surface area (Å²) in [5.74, 6) is 0.780. The molecule has 0 bridgehead atoms. The maximum Gasteiger partial charge on any atom is 0.0495 e. The molecule has 17 heavy (non-hydrogen) atoms. The molecule has 1 aromatic rings. The van der Waals surface area contributed by atoms with Crippen LogP contribution in [0.3, 0.4) is 0 Å². The third-order valence-electron chi connectivity index (χ3n) is 3.45. The minimum atomic E-state index is 0.661. The van der Waals surface area contributed by atoms with E-state index in [0.717, 1.165) is 25.7 Å². The van der Waals surface area contributed by atoms with Gasteiger partial charge in [0.25, 0.3) is 0 Å². The third kappa shape index (κ3) is 4.41. The molecule has 1 aliphatic rings. The van der Waals surface area contributed by atoms with Crippen LogP contribution in [0.5, 0.6) is 0 Å². The molecule has 2 atom stereocenters. The van der Waals surface area contributed by atoms with Crippen molar-refractivity contribution < 1.29 is 4.74 Å². The molecule has 1 aromatic heterocycles. The van der Waals surface area contributed by atoms with E-state index in [1.165, 1.54) is 30.6 Å². The number of rotatable bonds is 7. The monoisotopic (exact) mass is 253 g/mol. The molecule has 0 saturated carbocycles. The highest BCUT2D eigenvalue weighted by molar-refractivity contribution is 7.09. The Hall–Kier alpha value is -0.380. The van der Waals surface area contributed by atoms with Crippen LogP contribution in [-0.4, -0.2) is 25.8 Å². The average molecular weight is 253 g/mol. The molecule has 2 rings (SSSR count). The van der Waals surface area contributed by atoms with Gasteiger partial charge in [-0.05, 0) is 49.6 Å². The lowest BCUT2D eigenvalue weighted by Gasteiger charge is -2.20. The zero-order chi connectivity index (χ0) is 11.9. The minimum Gasteiger partial charge on any atom is -0.381 e. The fraction of sp³-hybridized carbons (Fsp3) is 0.714. The summed E-state index contributed by atoms with van der Waals surface area (Å²) in [6.45, 7) is 5.21. The molecule has 2 unspecified atom stereocenters. The van der Waals surface area contributed by atoms with Gasteiger partial charge in [-0.3, -0.25) is 0 Å². The molecule has 0 amide bonds. The van der Waals surface area contributed by atoms with Crippen molar-refractivity contribution in [1.82, 2.24) is 5.32 Å². The van der Waals surface area contributed by atoms with E-state index in [1.54, 1.807) is 0 Å². The quantitative estimate of drug-likeness (QED) is 0.806. The van der Waals surface area contributed by atoms with E-state index in [0.29, 0.717) is 6.04 Å². The van der Waals surface area contributed by atoms with Crippen LogP contribution >= 0.6 is 11.3 Å². The van der Waals surface area contributed by atoms with Gasteiger partial charge in [-0.15, -0.1) is 11.3 Å². The van der Waals surface area contributed by atoms with Gasteiger partial charge in [-0.25, -0.2) is 0 Å². The molecule has 0 aromatic carbocycles. The first kappa shape index (κ1) is 13.1. The molecule has 1 fully saturated rings. The second-order valence-electron chi connectivity index (χ2n) is 4.84. The predicted molar refractivity (Wildman–Crippen MR) is 73.6 cm³/mol. The summed E-state index contributed by atoms with van der Waals surface area (Å²) in [6.07, 6.45) is 4.99. The number of hydrogen-bond donors (Lipinski definition) is 1. The highest BCUT2D eigenvalue weighted by Gasteiger charge is 2.20. The fourth-order valence-electron chi connectivity index (χ4n) is 2.53. The SMILES string of the molecule is CCNC(CCc1cccs1)CC1CCOC1. The van der Waals surface area contributed by atoms with Gasteiger partial charge in [-0.1, -0.05) is 13.0 Å². The molecule has 96 valence electrons. The Morgan fingerprint density at radius 3 is 3.18 bits per heavy atom. The Morgan fingerprint density at radius 2 is 2.53 bits per heavy atom. The molecule has 0 spiro atoms. The molecular formula is C14H23NOS. The van der Waals surface area contributed by atoms with Crippen molar-refractivity contribution in [3.8, 4) is 0 Å². The van der Waals surface area contributed by atoms with Crippen LogP contribution in [0.1, 0.15) is 31.1 Å². The summed E-state index contributed by atoms with van der Waals surface area (Å²) in [5, 5.41) is 5.79. The second-order valence-corrected chi connectivity index (χ2v) is 5.87. The summed E-state index contributed by atoms with van der Waals surface area (Å²) in [6, 6.07) is 5.05. The largest absolute Gasteiger partial charge is 0.381 e. The Balaban J connectivity index is 1.75. The van der Waals surface area contributed by atoms with Gasteiger partial charge in [0.15, 0.2) is 0 Å². The van der Waals surface area contributed by atoms with Crippen molar-refractivity contribution in [1.29, 1.82) is 0 Å². The van der Waals surface area contributed by atoms with Crippen LogP contribution in [0.4, 0.5) is 0 Å². The zero-order valence-corrected chi connectivity index (χ0v) is 11.5. The van der Waals surface area contributed by atoms with Gasteiger partial charge in [0.05, 0.1) is 0 Å². The van der Waals surface area contributed by atoms with Crippen molar-refractivity contribution in [3.63, 3.8) is 0 Å². The standard InChI is InChI=1S/C14H23NOS/c1-2-15-13(10-12-7-8-16-11-12)5-6-14-4-3-9-17-14/h3-4,9,12-13,15H,2,5-8,10-11H2,1H3. The van der Waals surface area contributed by atoms with Crippen LogP contribution in [0.25, 0.3) is 0 Å². The first-order chi connectivity index (χ1) is 8.38. The summed E-state index contributed by atoms with van der Waals surface area (Å²) in [4.78, 5) is 1.51. The van der Waals surface area contributed by atoms with Gasteiger partial charge >= 0.3 is 0 Å². The lowest BCUT2D eigenvalue weighted by atomic mass is 9.96. The highest BCUT2D eigenvalue weighted by atomic mass is 32.1. The van der Waals surface area contributed by atoms with Crippen molar-refractivity contribution >= 4 is 11.3 Å². The van der Waals surface area contributed by atoms with Crippen LogP contribution in [0.2, 0.25) is 0 Å². The minimum absolute atomic E-state index is 0.661. The predicted octanol–water partition coefficient (Wildman–Crippen LogP) is 3.09. The Bertz CT molecular complexity index is 293. The van der Waals surface area contributed by atoms with E-state index in [1.807, 2.05) is 11.3 Å². The molecule has 1 aliphatic heterocycles. The van der Waals surface area contributed by atoms with Crippen LogP contribution in [-0.2, 0) is 11.2 Å². The van der Waals surface area contributed by atoms with E-state index in [9.17, 15) is 0 Å². The Labute approximate surface area is 108 Å². The Kier molecular flexibility index (Phi) is 5.49. The summed E-state index contributed by atoms with van der Waals surface area (Å²) in [5.41, 5.74) is 0. The van der Waals surface area contributed by atoms with Crippen molar-refractivity contribution in [3.05, 3.63) is 22.4 Å². The number of hydrogen-bond acceptors (Lipinski definition) is 3. The fourth-order valence-corrected chi connectivity index (χ4v) is 3.26. The van der Waals surface area contributed by atoms with Crippen LogP contribution in [0, 0.1) is 5.92 Å². The topological polar surface area (TPSA) is 21.3 Å². The molecule has 0 aliphatic carbocycles. The van der Waals surface area contributed by atoms with Crippen LogP contribution in [0.15, 0.2) is 17.5 Å². The normalized spacial score (nSPS) is 21.8. The summed E-state index contributed by atoms with van der Waals surface area (Å²) in [7, 11) is 0. The zero-order valence-electron chi connectivity index (χ0n) is 10.7. The second kappa shape index (κ2) is 7.14. The average Bonchev–Trinajstić information content (AvgIpc) is 2.99. The number of aryl methyl sites for hydroxylation is 1. The molecule has 1 saturated heterocycles. The van der Waals surface area contributed by atoms with Gasteiger partial charge < -0.3 is 10.1 Å². The van der Waals surface area contributed by atoms with Gasteiger partial charge in [0.1, 0.15) is 0 Å². The molecule has 2 heterocycles. The Morgan fingerprint density at radius 1 is 1.59 bits per heavy atom.